The molecule has 3 N–H and O–H groups in total. The molecule has 1 amide bonds. The van der Waals surface area contributed by atoms with Crippen molar-refractivity contribution in [2.75, 3.05) is 5.32 Å². The van der Waals surface area contributed by atoms with Crippen LogP contribution < -0.4 is 11.1 Å². The van der Waals surface area contributed by atoms with Crippen LogP contribution in [0.4, 0.5) is 5.69 Å². The van der Waals surface area contributed by atoms with Gasteiger partial charge in [-0.1, -0.05) is 24.4 Å². The molecule has 19 heavy (non-hydrogen) atoms. The van der Waals surface area contributed by atoms with Gasteiger partial charge < -0.3 is 11.1 Å². The third kappa shape index (κ3) is 3.17. The van der Waals surface area contributed by atoms with Crippen LogP contribution in [0.5, 0.6) is 0 Å². The number of carbonyl (C=O) groups is 1. The highest BCUT2D eigenvalue weighted by Gasteiger charge is 2.15. The zero-order valence-corrected chi connectivity index (χ0v) is 11.2. The molecule has 0 saturated heterocycles. The highest BCUT2D eigenvalue weighted by molar-refractivity contribution is 7.80. The molecule has 0 aliphatic heterocycles. The number of hydrogen-bond donors (Lipinski definition) is 2. The molecule has 2 rings (SSSR count). The number of aromatic nitrogens is 2. The predicted molar refractivity (Wildman–Crippen MR) is 77.9 cm³/mol. The van der Waals surface area contributed by atoms with Crippen molar-refractivity contribution in [3.8, 4) is 0 Å². The number of rotatable bonds is 4. The number of nitrogens with one attached hydrogen (secondary N) is 1. The summed E-state index contributed by atoms with van der Waals surface area (Å²) in [6.45, 7) is 1.78. The van der Waals surface area contributed by atoms with E-state index in [0.717, 1.165) is 5.56 Å². The number of anilines is 1. The normalized spacial score (nSPS) is 11.8. The van der Waals surface area contributed by atoms with E-state index in [1.54, 1.807) is 54.3 Å². The fourth-order valence-corrected chi connectivity index (χ4v) is 1.75. The number of benzene rings is 1. The van der Waals surface area contributed by atoms with Crippen molar-refractivity contribution in [1.82, 2.24) is 9.78 Å². The molecule has 1 heterocycles. The highest BCUT2D eigenvalue weighted by atomic mass is 32.1. The minimum atomic E-state index is -0.386. The standard InChI is InChI=1S/C13H14N4OS/c1-9(17-7-3-6-15-17)13(18)16-11-5-2-4-10(8-11)12(14)19/h2-9H,1H3,(H2,14,19)(H,16,18). The third-order valence-corrected chi connectivity index (χ3v) is 2.95. The molecule has 98 valence electrons. The lowest BCUT2D eigenvalue weighted by atomic mass is 10.2. The lowest BCUT2D eigenvalue weighted by Gasteiger charge is -2.13. The van der Waals surface area contributed by atoms with Gasteiger partial charge in [0.15, 0.2) is 0 Å². The Bertz CT molecular complexity index is 594. The minimum absolute atomic E-state index is 0.149. The van der Waals surface area contributed by atoms with Crippen LogP contribution in [-0.2, 0) is 4.79 Å². The molecule has 1 atom stereocenters. The second-order valence-corrected chi connectivity index (χ2v) is 4.54. The second-order valence-electron chi connectivity index (χ2n) is 4.10. The molecule has 1 aromatic heterocycles. The topological polar surface area (TPSA) is 72.9 Å². The molecule has 6 heteroatoms. The maximum Gasteiger partial charge on any atom is 0.248 e. The van der Waals surface area contributed by atoms with Gasteiger partial charge in [0.2, 0.25) is 5.91 Å². The molecule has 0 aliphatic rings. The summed E-state index contributed by atoms with van der Waals surface area (Å²) in [4.78, 5) is 12.4. The van der Waals surface area contributed by atoms with E-state index in [0.29, 0.717) is 10.7 Å². The van der Waals surface area contributed by atoms with Crippen LogP contribution in [0.3, 0.4) is 0 Å². The van der Waals surface area contributed by atoms with Gasteiger partial charge in [-0.3, -0.25) is 9.48 Å². The Kier molecular flexibility index (Phi) is 3.91. The molecule has 0 aliphatic carbocycles. The van der Waals surface area contributed by atoms with Gasteiger partial charge in [-0.25, -0.2) is 0 Å². The molecule has 1 unspecified atom stereocenters. The largest absolute Gasteiger partial charge is 0.389 e. The van der Waals surface area contributed by atoms with Gasteiger partial charge >= 0.3 is 0 Å². The molecule has 1 aromatic carbocycles. The number of amides is 1. The lowest BCUT2D eigenvalue weighted by molar-refractivity contribution is -0.119. The van der Waals surface area contributed by atoms with Crippen LogP contribution in [0, 0.1) is 0 Å². The van der Waals surface area contributed by atoms with Gasteiger partial charge in [0.25, 0.3) is 0 Å². The molecule has 0 saturated carbocycles. The SMILES string of the molecule is CC(C(=O)Nc1cccc(C(N)=S)c1)n1cccn1. The first kappa shape index (κ1) is 13.2. The summed E-state index contributed by atoms with van der Waals surface area (Å²) in [5.74, 6) is -0.149. The van der Waals surface area contributed by atoms with Crippen LogP contribution in [0.2, 0.25) is 0 Å². The monoisotopic (exact) mass is 274 g/mol. The minimum Gasteiger partial charge on any atom is -0.389 e. The quantitative estimate of drug-likeness (QED) is 0.833. The van der Waals surface area contributed by atoms with E-state index < -0.39 is 0 Å². The highest BCUT2D eigenvalue weighted by Crippen LogP contribution is 2.13. The maximum absolute atomic E-state index is 12.1. The molecular formula is C13H14N4OS. The van der Waals surface area contributed by atoms with Crippen molar-refractivity contribution in [2.24, 2.45) is 5.73 Å². The second kappa shape index (κ2) is 5.62. The summed E-state index contributed by atoms with van der Waals surface area (Å²) >= 11 is 4.90. The summed E-state index contributed by atoms with van der Waals surface area (Å²) in [6.07, 6.45) is 3.38. The first-order chi connectivity index (χ1) is 9.08. The van der Waals surface area contributed by atoms with Crippen molar-refractivity contribution in [1.29, 1.82) is 0 Å². The molecule has 0 bridgehead atoms. The van der Waals surface area contributed by atoms with E-state index in [2.05, 4.69) is 10.4 Å². The van der Waals surface area contributed by atoms with Crippen LogP contribution in [0.1, 0.15) is 18.5 Å². The fourth-order valence-electron chi connectivity index (χ4n) is 1.63. The molecule has 5 nitrogen and oxygen atoms in total. The first-order valence-corrected chi connectivity index (χ1v) is 6.18. The Morgan fingerprint density at radius 1 is 1.47 bits per heavy atom. The average molecular weight is 274 g/mol. The lowest BCUT2D eigenvalue weighted by Crippen LogP contribution is -2.24. The van der Waals surface area contributed by atoms with Crippen LogP contribution >= 0.6 is 12.2 Å². The van der Waals surface area contributed by atoms with Gasteiger partial charge in [-0.15, -0.1) is 0 Å². The summed E-state index contributed by atoms with van der Waals surface area (Å²) in [5.41, 5.74) is 6.94. The molecule has 0 spiro atoms. The molecule has 0 radical (unpaired) electrons. The van der Waals surface area contributed by atoms with Crippen LogP contribution in [0.25, 0.3) is 0 Å². The Hall–Kier alpha value is -2.21. The number of thiocarbonyl (C=S) groups is 1. The van der Waals surface area contributed by atoms with Gasteiger partial charge in [0.05, 0.1) is 0 Å². The van der Waals surface area contributed by atoms with E-state index in [-0.39, 0.29) is 11.9 Å². The Morgan fingerprint density at radius 3 is 2.89 bits per heavy atom. The predicted octanol–water partition coefficient (Wildman–Crippen LogP) is 1.72. The Morgan fingerprint density at radius 2 is 2.26 bits per heavy atom. The van der Waals surface area contributed by atoms with Gasteiger partial charge in [0.1, 0.15) is 11.0 Å². The van der Waals surface area contributed by atoms with E-state index in [9.17, 15) is 4.79 Å². The maximum atomic E-state index is 12.1. The summed E-state index contributed by atoms with van der Waals surface area (Å²) < 4.78 is 1.59. The van der Waals surface area contributed by atoms with Crippen molar-refractivity contribution in [3.05, 3.63) is 48.3 Å². The zero-order chi connectivity index (χ0) is 13.8. The average Bonchev–Trinajstić information content (AvgIpc) is 2.92. The Balaban J connectivity index is 2.11. The van der Waals surface area contributed by atoms with Gasteiger partial charge in [-0.2, -0.15) is 5.10 Å². The van der Waals surface area contributed by atoms with Crippen molar-refractivity contribution in [3.63, 3.8) is 0 Å². The first-order valence-electron chi connectivity index (χ1n) is 5.78. The van der Waals surface area contributed by atoms with E-state index >= 15 is 0 Å². The van der Waals surface area contributed by atoms with Gasteiger partial charge in [0, 0.05) is 23.6 Å². The van der Waals surface area contributed by atoms with E-state index in [1.807, 2.05) is 0 Å². The number of carbonyl (C=O) groups excluding carboxylic acids is 1. The smallest absolute Gasteiger partial charge is 0.248 e. The Labute approximate surface area is 116 Å². The van der Waals surface area contributed by atoms with Crippen LogP contribution in [0.15, 0.2) is 42.7 Å². The van der Waals surface area contributed by atoms with E-state index in [1.165, 1.54) is 0 Å². The van der Waals surface area contributed by atoms with E-state index in [4.69, 9.17) is 18.0 Å². The van der Waals surface area contributed by atoms with Crippen molar-refractivity contribution < 1.29 is 4.79 Å². The molecular weight excluding hydrogens is 260 g/mol. The molecule has 2 aromatic rings. The third-order valence-electron chi connectivity index (χ3n) is 2.72. The molecule has 0 fully saturated rings. The van der Waals surface area contributed by atoms with Crippen molar-refractivity contribution >= 4 is 28.8 Å². The summed E-state index contributed by atoms with van der Waals surface area (Å²) in [5, 5.41) is 6.85. The zero-order valence-electron chi connectivity index (χ0n) is 10.4. The summed E-state index contributed by atoms with van der Waals surface area (Å²) in [6, 6.07) is 8.52. The number of hydrogen-bond acceptors (Lipinski definition) is 3. The number of nitrogens with two attached hydrogens (primary N) is 1. The van der Waals surface area contributed by atoms with Crippen LogP contribution in [-0.4, -0.2) is 20.7 Å². The van der Waals surface area contributed by atoms with Gasteiger partial charge in [-0.05, 0) is 25.1 Å². The van der Waals surface area contributed by atoms with Crippen molar-refractivity contribution in [2.45, 2.75) is 13.0 Å². The number of nitrogens with zero attached hydrogens (tertiary/aromatic N) is 2. The fraction of sp³-hybridized carbons (Fsp3) is 0.154. The summed E-state index contributed by atoms with van der Waals surface area (Å²) in [7, 11) is 0.